The van der Waals surface area contributed by atoms with Crippen LogP contribution in [0.15, 0.2) is 39.9 Å². The van der Waals surface area contributed by atoms with E-state index in [0.717, 1.165) is 16.6 Å². The molecule has 8 heteroatoms. The molecule has 0 N–H and O–H groups in total. The standard InChI is InChI=1S/C21H26N2O6/c1-5-11-28-17-9-7-15(12-18(17)27-6-2)8-10-20(25)29-14-16-13-19(24)23(4)21(26)22(16)3/h7-10,12-13H,5-6,11,14H2,1-4H3/b10-8+. The summed E-state index contributed by atoms with van der Waals surface area (Å²) in [5.74, 6) is 0.661. The van der Waals surface area contributed by atoms with Gasteiger partial charge in [0.05, 0.1) is 18.9 Å². The molecule has 2 rings (SSSR count). The van der Waals surface area contributed by atoms with Crippen LogP contribution in [0.2, 0.25) is 0 Å². The van der Waals surface area contributed by atoms with Crippen molar-refractivity contribution in [3.63, 3.8) is 0 Å². The molecule has 29 heavy (non-hydrogen) atoms. The van der Waals surface area contributed by atoms with Crippen molar-refractivity contribution in [2.24, 2.45) is 14.1 Å². The molecule has 0 atom stereocenters. The van der Waals surface area contributed by atoms with Gasteiger partial charge in [0.25, 0.3) is 5.56 Å². The molecule has 0 unspecified atom stereocenters. The van der Waals surface area contributed by atoms with E-state index in [1.54, 1.807) is 18.2 Å². The molecule has 0 aliphatic carbocycles. The first-order chi connectivity index (χ1) is 13.9. The molecule has 1 aromatic heterocycles. The monoisotopic (exact) mass is 402 g/mol. The lowest BCUT2D eigenvalue weighted by molar-refractivity contribution is -0.139. The minimum Gasteiger partial charge on any atom is -0.490 e. The summed E-state index contributed by atoms with van der Waals surface area (Å²) < 4.78 is 18.6. The summed E-state index contributed by atoms with van der Waals surface area (Å²) in [4.78, 5) is 35.6. The van der Waals surface area contributed by atoms with Crippen LogP contribution in [-0.2, 0) is 30.2 Å². The first-order valence-electron chi connectivity index (χ1n) is 9.37. The molecule has 2 aromatic rings. The number of carbonyl (C=O) groups is 1. The third kappa shape index (κ3) is 5.84. The van der Waals surface area contributed by atoms with E-state index in [4.69, 9.17) is 14.2 Å². The first kappa shape index (κ1) is 22.0. The van der Waals surface area contributed by atoms with Gasteiger partial charge >= 0.3 is 11.7 Å². The molecule has 0 fully saturated rings. The zero-order chi connectivity index (χ0) is 21.4. The number of ether oxygens (including phenoxy) is 3. The van der Waals surface area contributed by atoms with Crippen molar-refractivity contribution in [1.82, 2.24) is 9.13 Å². The van der Waals surface area contributed by atoms with Gasteiger partial charge in [0, 0.05) is 26.2 Å². The number of nitrogens with zero attached hydrogens (tertiary/aromatic N) is 2. The summed E-state index contributed by atoms with van der Waals surface area (Å²) >= 11 is 0. The van der Waals surface area contributed by atoms with Gasteiger partial charge in [-0.05, 0) is 37.1 Å². The molecule has 0 aliphatic heterocycles. The molecule has 1 heterocycles. The second-order valence-electron chi connectivity index (χ2n) is 6.30. The molecule has 0 bridgehead atoms. The lowest BCUT2D eigenvalue weighted by Gasteiger charge is -2.12. The van der Waals surface area contributed by atoms with Crippen LogP contribution < -0.4 is 20.7 Å². The lowest BCUT2D eigenvalue weighted by atomic mass is 10.2. The van der Waals surface area contributed by atoms with Crippen LogP contribution in [0.1, 0.15) is 31.5 Å². The van der Waals surface area contributed by atoms with Gasteiger partial charge in [-0.2, -0.15) is 0 Å². The fraction of sp³-hybridized carbons (Fsp3) is 0.381. The maximum atomic E-state index is 12.0. The maximum absolute atomic E-state index is 12.0. The summed E-state index contributed by atoms with van der Waals surface area (Å²) in [6.45, 7) is 4.81. The quantitative estimate of drug-likeness (QED) is 0.471. The van der Waals surface area contributed by atoms with E-state index >= 15 is 0 Å². The summed E-state index contributed by atoms with van der Waals surface area (Å²) in [5, 5.41) is 0. The highest BCUT2D eigenvalue weighted by Crippen LogP contribution is 2.29. The average Bonchev–Trinajstić information content (AvgIpc) is 2.71. The van der Waals surface area contributed by atoms with Crippen LogP contribution in [0.5, 0.6) is 11.5 Å². The number of aromatic nitrogens is 2. The Hall–Kier alpha value is -3.29. The molecule has 0 amide bonds. The van der Waals surface area contributed by atoms with E-state index in [0.29, 0.717) is 30.4 Å². The first-order valence-corrected chi connectivity index (χ1v) is 9.37. The van der Waals surface area contributed by atoms with Gasteiger partial charge in [-0.15, -0.1) is 0 Å². The van der Waals surface area contributed by atoms with Crippen molar-refractivity contribution < 1.29 is 19.0 Å². The zero-order valence-electron chi connectivity index (χ0n) is 17.1. The molecular formula is C21H26N2O6. The van der Waals surface area contributed by atoms with E-state index in [1.807, 2.05) is 19.9 Å². The number of carbonyl (C=O) groups excluding carboxylic acids is 1. The Labute approximate surface area is 168 Å². The normalized spacial score (nSPS) is 10.9. The van der Waals surface area contributed by atoms with Crippen molar-refractivity contribution in [3.05, 3.63) is 62.4 Å². The predicted molar refractivity (Wildman–Crippen MR) is 109 cm³/mol. The van der Waals surface area contributed by atoms with E-state index < -0.39 is 17.2 Å². The number of esters is 1. The van der Waals surface area contributed by atoms with Gasteiger partial charge < -0.3 is 14.2 Å². The third-order valence-electron chi connectivity index (χ3n) is 4.13. The molecule has 8 nitrogen and oxygen atoms in total. The Morgan fingerprint density at radius 1 is 1.03 bits per heavy atom. The van der Waals surface area contributed by atoms with Crippen LogP contribution in [0.3, 0.4) is 0 Å². The SMILES string of the molecule is CCCOc1ccc(/C=C/C(=O)OCc2cc(=O)n(C)c(=O)n2C)cc1OCC. The van der Waals surface area contributed by atoms with Gasteiger partial charge in [0.15, 0.2) is 11.5 Å². The Morgan fingerprint density at radius 2 is 1.79 bits per heavy atom. The lowest BCUT2D eigenvalue weighted by Crippen LogP contribution is -2.38. The summed E-state index contributed by atoms with van der Waals surface area (Å²) in [7, 11) is 2.90. The number of hydrogen-bond acceptors (Lipinski definition) is 6. The van der Waals surface area contributed by atoms with Gasteiger partial charge in [0.2, 0.25) is 0 Å². The van der Waals surface area contributed by atoms with Gasteiger partial charge in [-0.3, -0.25) is 13.9 Å². The third-order valence-corrected chi connectivity index (χ3v) is 4.13. The highest BCUT2D eigenvalue weighted by atomic mass is 16.5. The predicted octanol–water partition coefficient (Wildman–Crippen LogP) is 2.03. The Balaban J connectivity index is 2.06. The van der Waals surface area contributed by atoms with Crippen molar-refractivity contribution in [1.29, 1.82) is 0 Å². The Kier molecular flexibility index (Phi) is 7.82. The summed E-state index contributed by atoms with van der Waals surface area (Å²) in [6, 6.07) is 6.65. The van der Waals surface area contributed by atoms with E-state index in [2.05, 4.69) is 0 Å². The van der Waals surface area contributed by atoms with Crippen LogP contribution in [0.4, 0.5) is 0 Å². The Morgan fingerprint density at radius 3 is 2.48 bits per heavy atom. The highest BCUT2D eigenvalue weighted by molar-refractivity contribution is 5.87. The van der Waals surface area contributed by atoms with Crippen molar-refractivity contribution in [3.8, 4) is 11.5 Å². The molecule has 0 spiro atoms. The molecule has 0 radical (unpaired) electrons. The number of rotatable bonds is 9. The minimum atomic E-state index is -0.595. The van der Waals surface area contributed by atoms with Gasteiger partial charge in [0.1, 0.15) is 6.61 Å². The van der Waals surface area contributed by atoms with Crippen LogP contribution in [0, 0.1) is 0 Å². The van der Waals surface area contributed by atoms with Crippen molar-refractivity contribution >= 4 is 12.0 Å². The smallest absolute Gasteiger partial charge is 0.331 e. The van der Waals surface area contributed by atoms with E-state index in [1.165, 1.54) is 30.8 Å². The Bertz CT molecular complexity index is 1000. The maximum Gasteiger partial charge on any atom is 0.331 e. The fourth-order valence-corrected chi connectivity index (χ4v) is 2.50. The number of hydrogen-bond donors (Lipinski definition) is 0. The number of benzene rings is 1. The second-order valence-corrected chi connectivity index (χ2v) is 6.30. The topological polar surface area (TPSA) is 88.8 Å². The van der Waals surface area contributed by atoms with Crippen LogP contribution in [0.25, 0.3) is 6.08 Å². The molecule has 156 valence electrons. The van der Waals surface area contributed by atoms with E-state index in [9.17, 15) is 14.4 Å². The molecular weight excluding hydrogens is 376 g/mol. The molecule has 0 saturated carbocycles. The minimum absolute atomic E-state index is 0.182. The van der Waals surface area contributed by atoms with Crippen LogP contribution >= 0.6 is 0 Å². The van der Waals surface area contributed by atoms with E-state index in [-0.39, 0.29) is 6.61 Å². The molecule has 0 saturated heterocycles. The van der Waals surface area contributed by atoms with Gasteiger partial charge in [-0.25, -0.2) is 9.59 Å². The van der Waals surface area contributed by atoms with Gasteiger partial charge in [-0.1, -0.05) is 13.0 Å². The van der Waals surface area contributed by atoms with Crippen molar-refractivity contribution in [2.45, 2.75) is 26.9 Å². The highest BCUT2D eigenvalue weighted by Gasteiger charge is 2.09. The average molecular weight is 402 g/mol. The molecule has 1 aromatic carbocycles. The van der Waals surface area contributed by atoms with Crippen molar-refractivity contribution in [2.75, 3.05) is 13.2 Å². The second kappa shape index (κ2) is 10.3. The summed E-state index contributed by atoms with van der Waals surface area (Å²) in [6.07, 6.45) is 3.76. The fourth-order valence-electron chi connectivity index (χ4n) is 2.50. The van der Waals surface area contributed by atoms with Crippen LogP contribution in [-0.4, -0.2) is 28.3 Å². The summed E-state index contributed by atoms with van der Waals surface area (Å²) in [5.41, 5.74) is 0.127. The largest absolute Gasteiger partial charge is 0.490 e. The zero-order valence-corrected chi connectivity index (χ0v) is 17.1. The molecule has 0 aliphatic rings.